The van der Waals surface area contributed by atoms with Gasteiger partial charge in [0, 0.05) is 36.5 Å². The number of alkyl carbamates (subject to hydrolysis) is 1. The number of pyridine rings is 1. The van der Waals surface area contributed by atoms with Crippen LogP contribution in [-0.2, 0) is 22.6 Å². The lowest BCUT2D eigenvalue weighted by atomic mass is 10.1. The minimum atomic E-state index is -1.70. The summed E-state index contributed by atoms with van der Waals surface area (Å²) in [5, 5.41) is 16.5. The van der Waals surface area contributed by atoms with Crippen LogP contribution in [0.2, 0.25) is 0 Å². The number of rotatable bonds is 12. The molecule has 292 valence electrons. The van der Waals surface area contributed by atoms with Crippen molar-refractivity contribution in [1.82, 2.24) is 15.3 Å². The predicted molar refractivity (Wildman–Crippen MR) is 190 cm³/mol. The number of amides is 3. The molecular formula is C38H45F3N4O9. The van der Waals surface area contributed by atoms with Gasteiger partial charge in [0.1, 0.15) is 40.8 Å². The van der Waals surface area contributed by atoms with Crippen molar-refractivity contribution in [3.63, 3.8) is 0 Å². The Morgan fingerprint density at radius 3 is 2.09 bits per heavy atom. The largest absolute Gasteiger partial charge is 0.482 e. The molecule has 0 spiro atoms. The lowest BCUT2D eigenvalue weighted by Gasteiger charge is -2.35. The van der Waals surface area contributed by atoms with Gasteiger partial charge in [-0.1, -0.05) is 30.3 Å². The third kappa shape index (κ3) is 10.3. The molecule has 4 atom stereocenters. The molecule has 3 N–H and O–H groups in total. The van der Waals surface area contributed by atoms with E-state index < -0.39 is 99.3 Å². The highest BCUT2D eigenvalue weighted by atomic mass is 19.1. The fourth-order valence-electron chi connectivity index (χ4n) is 5.88. The molecule has 0 saturated heterocycles. The summed E-state index contributed by atoms with van der Waals surface area (Å²) in [6, 6.07) is 7.91. The van der Waals surface area contributed by atoms with Crippen molar-refractivity contribution in [3.05, 3.63) is 98.7 Å². The molecule has 0 unspecified atom stereocenters. The van der Waals surface area contributed by atoms with E-state index in [9.17, 15) is 42.3 Å². The second-order valence-electron chi connectivity index (χ2n) is 15.1. The van der Waals surface area contributed by atoms with Crippen LogP contribution in [0.4, 0.5) is 22.8 Å². The highest BCUT2D eigenvalue weighted by molar-refractivity contribution is 5.97. The van der Waals surface area contributed by atoms with Crippen molar-refractivity contribution >= 4 is 24.1 Å². The van der Waals surface area contributed by atoms with Gasteiger partial charge in [-0.05, 0) is 79.2 Å². The van der Waals surface area contributed by atoms with E-state index in [4.69, 9.17) is 14.2 Å². The quantitative estimate of drug-likeness (QED) is 0.193. The van der Waals surface area contributed by atoms with Gasteiger partial charge in [0.15, 0.2) is 5.69 Å². The number of hydrogen-bond donors (Lipinski definition) is 3. The summed E-state index contributed by atoms with van der Waals surface area (Å²) in [5.41, 5.74) is -4.79. The number of halogens is 3. The van der Waals surface area contributed by atoms with Crippen molar-refractivity contribution in [2.24, 2.45) is 11.8 Å². The van der Waals surface area contributed by atoms with Gasteiger partial charge >= 0.3 is 18.2 Å². The Hall–Kier alpha value is -5.54. The van der Waals surface area contributed by atoms with Crippen molar-refractivity contribution in [1.29, 1.82) is 0 Å². The van der Waals surface area contributed by atoms with Crippen LogP contribution in [0.25, 0.3) is 0 Å². The van der Waals surface area contributed by atoms with Crippen LogP contribution >= 0.6 is 0 Å². The lowest BCUT2D eigenvalue weighted by Crippen LogP contribution is -2.52. The number of benzene rings is 2. The Labute approximate surface area is 310 Å². The Bertz CT molecular complexity index is 1930. The van der Waals surface area contributed by atoms with Gasteiger partial charge in [0.05, 0.1) is 6.04 Å². The first-order chi connectivity index (χ1) is 25.1. The molecule has 1 saturated carbocycles. The van der Waals surface area contributed by atoms with Gasteiger partial charge in [-0.3, -0.25) is 9.59 Å². The zero-order valence-corrected chi connectivity index (χ0v) is 31.3. The minimum Gasteiger partial charge on any atom is -0.482 e. The number of nitrogens with one attached hydrogen (secondary N) is 2. The average molecular weight is 759 g/mol. The van der Waals surface area contributed by atoms with Gasteiger partial charge in [-0.15, -0.1) is 0 Å². The second-order valence-corrected chi connectivity index (χ2v) is 15.1. The third-order valence-electron chi connectivity index (χ3n) is 8.45. The fourth-order valence-corrected chi connectivity index (χ4v) is 5.88. The Morgan fingerprint density at radius 2 is 1.54 bits per heavy atom. The van der Waals surface area contributed by atoms with Crippen LogP contribution in [0.15, 0.2) is 53.5 Å². The zero-order valence-electron chi connectivity index (χ0n) is 31.3. The molecule has 1 aliphatic rings. The average Bonchev–Trinajstić information content (AvgIpc) is 3.84. The number of hydrogen-bond acceptors (Lipinski definition) is 8. The van der Waals surface area contributed by atoms with Crippen LogP contribution in [0.1, 0.15) is 93.8 Å². The molecule has 16 heteroatoms. The smallest absolute Gasteiger partial charge is 0.429 e. The van der Waals surface area contributed by atoms with Crippen LogP contribution < -0.4 is 25.8 Å². The Morgan fingerprint density at radius 1 is 0.944 bits per heavy atom. The number of carboxylic acids is 1. The molecule has 4 rings (SSSR count). The van der Waals surface area contributed by atoms with Crippen LogP contribution in [0.5, 0.6) is 5.75 Å². The van der Waals surface area contributed by atoms with Crippen molar-refractivity contribution in [3.8, 4) is 5.75 Å². The number of carbonyl (C=O) groups is 4. The maximum absolute atomic E-state index is 14.4. The molecule has 1 aromatic heterocycles. The molecule has 13 nitrogen and oxygen atoms in total. The van der Waals surface area contributed by atoms with Crippen molar-refractivity contribution < 1.29 is 51.7 Å². The van der Waals surface area contributed by atoms with Crippen LogP contribution in [0.3, 0.4) is 0 Å². The van der Waals surface area contributed by atoms with E-state index >= 15 is 0 Å². The maximum Gasteiger partial charge on any atom is 0.429 e. The highest BCUT2D eigenvalue weighted by Gasteiger charge is 2.49. The molecule has 1 fully saturated rings. The molecule has 54 heavy (non-hydrogen) atoms. The number of nitrogens with zero attached hydrogens (tertiary/aromatic N) is 2. The van der Waals surface area contributed by atoms with Crippen LogP contribution in [0, 0.1) is 29.3 Å². The first kappa shape index (κ1) is 41.2. The second kappa shape index (κ2) is 16.2. The summed E-state index contributed by atoms with van der Waals surface area (Å²) in [4.78, 5) is 67.2. The first-order valence-corrected chi connectivity index (χ1v) is 17.2. The first-order valence-electron chi connectivity index (χ1n) is 17.2. The number of ether oxygens (including phenoxy) is 3. The standard InChI is InChI=1S/C38H45F3N4O9/c1-20(43-35(50)53-37(3,4)5)24-16-25(24)21(2)45(36(51)54-38(6,7)8)44-18-27(33(47)42-17-26-28(40)14-23(39)15-29(26)41)31(46)32(30(44)34(48)49)52-19-22-12-10-9-11-13-22/h9-15,18,20-21,24-25H,16-17,19H2,1-8H3,(H,42,47)(H,43,50)(H,48,49)/t20-,21+,24+,25-/m0/s1. The van der Waals surface area contributed by atoms with E-state index in [0.717, 1.165) is 15.9 Å². The molecule has 1 aliphatic carbocycles. The van der Waals surface area contributed by atoms with E-state index in [1.807, 2.05) is 0 Å². The van der Waals surface area contributed by atoms with Crippen LogP contribution in [-0.4, -0.2) is 57.1 Å². The Kier molecular flexibility index (Phi) is 12.4. The van der Waals surface area contributed by atoms with E-state index in [1.54, 1.807) is 85.7 Å². The predicted octanol–water partition coefficient (Wildman–Crippen LogP) is 6.28. The number of aromatic nitrogens is 1. The summed E-state index contributed by atoms with van der Waals surface area (Å²) in [5.74, 6) is -8.08. The molecule has 3 amide bonds. The van der Waals surface area contributed by atoms with E-state index in [1.165, 1.54) is 0 Å². The lowest BCUT2D eigenvalue weighted by molar-refractivity contribution is 0.0478. The molecule has 0 radical (unpaired) electrons. The molecule has 3 aromatic rings. The van der Waals surface area contributed by atoms with Gasteiger partial charge in [-0.25, -0.2) is 37.2 Å². The highest BCUT2D eigenvalue weighted by Crippen LogP contribution is 2.45. The van der Waals surface area contributed by atoms with Gasteiger partial charge in [0.2, 0.25) is 11.2 Å². The SMILES string of the molecule is C[C@H](NC(=O)OC(C)(C)C)[C@H]1C[C@H]1[C@@H](C)N(C(=O)OC(C)(C)C)n1cc(C(=O)NCc2c(F)cc(F)cc2F)c(=O)c(OCc2ccccc2)c1C(=O)O. The monoisotopic (exact) mass is 758 g/mol. The molecule has 1 heterocycles. The molecule has 2 aromatic carbocycles. The minimum absolute atomic E-state index is 0.220. The Balaban J connectivity index is 1.82. The summed E-state index contributed by atoms with van der Waals surface area (Å²) in [6.45, 7) is 12.1. The maximum atomic E-state index is 14.4. The number of carbonyl (C=O) groups excluding carboxylic acids is 3. The summed E-state index contributed by atoms with van der Waals surface area (Å²) in [6.07, 6.45) is -0.411. The van der Waals surface area contributed by atoms with E-state index in [-0.39, 0.29) is 18.4 Å². The van der Waals surface area contributed by atoms with E-state index in [2.05, 4.69) is 10.6 Å². The summed E-state index contributed by atoms with van der Waals surface area (Å²) >= 11 is 0. The van der Waals surface area contributed by atoms with Crippen molar-refractivity contribution in [2.75, 3.05) is 5.01 Å². The normalized spacial score (nSPS) is 16.4. The fraction of sp³-hybridized carbons (Fsp3) is 0.447. The van der Waals surface area contributed by atoms with Gasteiger partial charge in [-0.2, -0.15) is 0 Å². The third-order valence-corrected chi connectivity index (χ3v) is 8.45. The topological polar surface area (TPSA) is 165 Å². The zero-order chi connectivity index (χ0) is 40.3. The van der Waals surface area contributed by atoms with Gasteiger partial charge < -0.3 is 30.0 Å². The summed E-state index contributed by atoms with van der Waals surface area (Å²) < 4.78 is 60.0. The molecule has 0 bridgehead atoms. The van der Waals surface area contributed by atoms with E-state index in [0.29, 0.717) is 24.1 Å². The van der Waals surface area contributed by atoms with Crippen molar-refractivity contribution in [2.45, 2.75) is 98.2 Å². The summed E-state index contributed by atoms with van der Waals surface area (Å²) in [7, 11) is 0. The molecular weight excluding hydrogens is 713 g/mol. The van der Waals surface area contributed by atoms with Gasteiger partial charge in [0.25, 0.3) is 5.91 Å². The number of carboxylic acid groups (broad SMARTS) is 1. The number of aromatic carboxylic acids is 1. The molecule has 0 aliphatic heterocycles.